The number of hydrogen-bond donors (Lipinski definition) is 2. The van der Waals surface area contributed by atoms with Crippen LogP contribution in [-0.4, -0.2) is 32.1 Å². The third-order valence-electron chi connectivity index (χ3n) is 2.28. The molecule has 0 fully saturated rings. The number of carboxylic acid groups (broad SMARTS) is 2. The molecule has 6 nitrogen and oxygen atoms in total. The number of nitrogens with zero attached hydrogens (tertiary/aromatic N) is 2. The predicted molar refractivity (Wildman–Crippen MR) is 61.4 cm³/mol. The van der Waals surface area contributed by atoms with Crippen LogP contribution in [0.5, 0.6) is 0 Å². The van der Waals surface area contributed by atoms with Crippen molar-refractivity contribution in [2.75, 3.05) is 0 Å². The smallest absolute Gasteiger partial charge is 0.355 e. The first-order valence-corrected chi connectivity index (χ1v) is 4.97. The van der Waals surface area contributed by atoms with E-state index in [0.29, 0.717) is 5.69 Å². The maximum atomic E-state index is 11.0. The minimum Gasteiger partial charge on any atom is -0.478 e. The molecule has 0 saturated carbocycles. The standard InChI is InChI=1S/C12H8N2O4/c15-11(16)7-5-8(9-3-1-2-4-13-9)10(12(17)18)14-6-7/h1-6H,(H,15,16)(H,17,18). The zero-order valence-electron chi connectivity index (χ0n) is 9.07. The monoisotopic (exact) mass is 244 g/mol. The minimum absolute atomic E-state index is 0.0827. The molecule has 0 spiro atoms. The molecule has 2 heterocycles. The summed E-state index contributed by atoms with van der Waals surface area (Å²) >= 11 is 0. The van der Waals surface area contributed by atoms with E-state index in [4.69, 9.17) is 10.2 Å². The van der Waals surface area contributed by atoms with Gasteiger partial charge in [0.25, 0.3) is 0 Å². The lowest BCUT2D eigenvalue weighted by molar-refractivity contribution is 0.0676. The number of aromatic nitrogens is 2. The van der Waals surface area contributed by atoms with E-state index in [1.807, 2.05) is 0 Å². The van der Waals surface area contributed by atoms with Gasteiger partial charge in [-0.15, -0.1) is 0 Å². The Balaban J connectivity index is 2.65. The first kappa shape index (κ1) is 11.7. The first-order valence-electron chi connectivity index (χ1n) is 4.97. The second kappa shape index (κ2) is 4.62. The van der Waals surface area contributed by atoms with Crippen LogP contribution in [0, 0.1) is 0 Å². The van der Waals surface area contributed by atoms with E-state index in [2.05, 4.69) is 9.97 Å². The molecule has 0 aliphatic rings. The first-order chi connectivity index (χ1) is 8.59. The Morgan fingerprint density at radius 3 is 2.39 bits per heavy atom. The van der Waals surface area contributed by atoms with Gasteiger partial charge in [-0.3, -0.25) is 4.98 Å². The second-order valence-corrected chi connectivity index (χ2v) is 3.45. The summed E-state index contributed by atoms with van der Waals surface area (Å²) in [5.41, 5.74) is 0.243. The molecular formula is C12H8N2O4. The maximum absolute atomic E-state index is 11.0. The van der Waals surface area contributed by atoms with Crippen LogP contribution in [0.3, 0.4) is 0 Å². The van der Waals surface area contributed by atoms with Gasteiger partial charge in [-0.2, -0.15) is 0 Å². The molecule has 0 saturated heterocycles. The summed E-state index contributed by atoms with van der Waals surface area (Å²) in [5.74, 6) is -2.40. The summed E-state index contributed by atoms with van der Waals surface area (Å²) in [7, 11) is 0. The van der Waals surface area contributed by atoms with Crippen LogP contribution in [0.4, 0.5) is 0 Å². The third-order valence-corrected chi connectivity index (χ3v) is 2.28. The van der Waals surface area contributed by atoms with Crippen molar-refractivity contribution in [3.8, 4) is 11.3 Å². The van der Waals surface area contributed by atoms with Gasteiger partial charge >= 0.3 is 11.9 Å². The molecule has 0 aromatic carbocycles. The highest BCUT2D eigenvalue weighted by atomic mass is 16.4. The Morgan fingerprint density at radius 1 is 1.06 bits per heavy atom. The van der Waals surface area contributed by atoms with E-state index >= 15 is 0 Å². The van der Waals surface area contributed by atoms with Gasteiger partial charge in [0.2, 0.25) is 0 Å². The quantitative estimate of drug-likeness (QED) is 0.849. The Kier molecular flexibility index (Phi) is 3.01. The van der Waals surface area contributed by atoms with Gasteiger partial charge in [-0.1, -0.05) is 6.07 Å². The number of hydrogen-bond acceptors (Lipinski definition) is 4. The fourth-order valence-corrected chi connectivity index (χ4v) is 1.47. The molecule has 18 heavy (non-hydrogen) atoms. The van der Waals surface area contributed by atoms with Gasteiger partial charge in [0.05, 0.1) is 11.3 Å². The summed E-state index contributed by atoms with van der Waals surface area (Å²) in [6.45, 7) is 0. The molecule has 2 aromatic rings. The minimum atomic E-state index is -1.23. The van der Waals surface area contributed by atoms with Gasteiger partial charge in [-0.25, -0.2) is 14.6 Å². The summed E-state index contributed by atoms with van der Waals surface area (Å²) in [5, 5.41) is 17.9. The maximum Gasteiger partial charge on any atom is 0.355 e. The number of carbonyl (C=O) groups is 2. The fraction of sp³-hybridized carbons (Fsp3) is 0. The van der Waals surface area contributed by atoms with Crippen molar-refractivity contribution in [3.05, 3.63) is 47.9 Å². The number of carboxylic acids is 2. The van der Waals surface area contributed by atoms with Gasteiger partial charge < -0.3 is 10.2 Å². The number of pyridine rings is 2. The van der Waals surface area contributed by atoms with E-state index in [9.17, 15) is 9.59 Å². The SMILES string of the molecule is O=C(O)c1cnc(C(=O)O)c(-c2ccccn2)c1. The molecule has 2 rings (SSSR count). The number of aromatic carboxylic acids is 2. The van der Waals surface area contributed by atoms with Crippen LogP contribution in [0.2, 0.25) is 0 Å². The van der Waals surface area contributed by atoms with E-state index < -0.39 is 11.9 Å². The lowest BCUT2D eigenvalue weighted by Gasteiger charge is -2.05. The van der Waals surface area contributed by atoms with Crippen molar-refractivity contribution >= 4 is 11.9 Å². The normalized spacial score (nSPS) is 10.0. The highest BCUT2D eigenvalue weighted by Crippen LogP contribution is 2.21. The summed E-state index contributed by atoms with van der Waals surface area (Å²) < 4.78 is 0. The van der Waals surface area contributed by atoms with Crippen LogP contribution < -0.4 is 0 Å². The fourth-order valence-electron chi connectivity index (χ4n) is 1.47. The second-order valence-electron chi connectivity index (χ2n) is 3.45. The molecule has 90 valence electrons. The van der Waals surface area contributed by atoms with Crippen molar-refractivity contribution in [1.29, 1.82) is 0 Å². The van der Waals surface area contributed by atoms with Crippen LogP contribution in [0.1, 0.15) is 20.8 Å². The van der Waals surface area contributed by atoms with Crippen LogP contribution in [-0.2, 0) is 0 Å². The van der Waals surface area contributed by atoms with E-state index in [0.717, 1.165) is 6.20 Å². The van der Waals surface area contributed by atoms with Gasteiger partial charge in [0, 0.05) is 18.0 Å². The van der Waals surface area contributed by atoms with Crippen molar-refractivity contribution in [1.82, 2.24) is 9.97 Å². The van der Waals surface area contributed by atoms with Crippen LogP contribution in [0.15, 0.2) is 36.7 Å². The number of rotatable bonds is 3. The van der Waals surface area contributed by atoms with E-state index in [-0.39, 0.29) is 16.8 Å². The van der Waals surface area contributed by atoms with Gasteiger partial charge in [0.1, 0.15) is 0 Å². The van der Waals surface area contributed by atoms with E-state index in [1.54, 1.807) is 18.2 Å². The molecule has 0 atom stereocenters. The lowest BCUT2D eigenvalue weighted by Crippen LogP contribution is -2.07. The van der Waals surface area contributed by atoms with Crippen molar-refractivity contribution in [2.45, 2.75) is 0 Å². The summed E-state index contributed by atoms with van der Waals surface area (Å²) in [4.78, 5) is 29.5. The van der Waals surface area contributed by atoms with Crippen molar-refractivity contribution < 1.29 is 19.8 Å². The lowest BCUT2D eigenvalue weighted by atomic mass is 10.1. The molecule has 6 heteroatoms. The van der Waals surface area contributed by atoms with Gasteiger partial charge in [0.15, 0.2) is 5.69 Å². The Bertz CT molecular complexity index is 611. The highest BCUT2D eigenvalue weighted by molar-refractivity contribution is 5.96. The summed E-state index contributed by atoms with van der Waals surface area (Å²) in [6, 6.07) is 6.20. The zero-order valence-corrected chi connectivity index (χ0v) is 9.07. The van der Waals surface area contributed by atoms with Crippen LogP contribution in [0.25, 0.3) is 11.3 Å². The molecule has 2 aromatic heterocycles. The average Bonchev–Trinajstić information content (AvgIpc) is 2.39. The highest BCUT2D eigenvalue weighted by Gasteiger charge is 2.17. The molecule has 0 unspecified atom stereocenters. The molecule has 2 N–H and O–H groups in total. The Morgan fingerprint density at radius 2 is 1.83 bits per heavy atom. The molecule has 0 bridgehead atoms. The van der Waals surface area contributed by atoms with Gasteiger partial charge in [-0.05, 0) is 18.2 Å². The molecule has 0 amide bonds. The van der Waals surface area contributed by atoms with Crippen molar-refractivity contribution in [2.24, 2.45) is 0 Å². The largest absolute Gasteiger partial charge is 0.478 e. The van der Waals surface area contributed by atoms with Crippen LogP contribution >= 0.6 is 0 Å². The topological polar surface area (TPSA) is 100 Å². The van der Waals surface area contributed by atoms with Crippen molar-refractivity contribution in [3.63, 3.8) is 0 Å². The summed E-state index contributed by atoms with van der Waals surface area (Å²) in [6.07, 6.45) is 2.51. The zero-order chi connectivity index (χ0) is 13.1. The average molecular weight is 244 g/mol. The Labute approximate surface area is 102 Å². The third kappa shape index (κ3) is 2.17. The predicted octanol–water partition coefficient (Wildman–Crippen LogP) is 1.54. The van der Waals surface area contributed by atoms with E-state index in [1.165, 1.54) is 12.3 Å². The Hall–Kier alpha value is -2.76. The molecular weight excluding hydrogens is 236 g/mol. The molecule has 0 aliphatic heterocycles. The molecule has 0 aliphatic carbocycles. The molecule has 0 radical (unpaired) electrons.